The molecule has 15 heteroatoms. The second kappa shape index (κ2) is 15.3. The monoisotopic (exact) mass is 795 g/mol. The lowest BCUT2D eigenvalue weighted by molar-refractivity contribution is -0.145. The Labute approximate surface area is 331 Å². The summed E-state index contributed by atoms with van der Waals surface area (Å²) in [6, 6.07) is -2.89. The van der Waals surface area contributed by atoms with Crippen LogP contribution in [-0.2, 0) is 29.2 Å². The third-order valence-corrected chi connectivity index (χ3v) is 15.9. The van der Waals surface area contributed by atoms with Gasteiger partial charge in [0, 0.05) is 18.9 Å². The lowest BCUT2D eigenvalue weighted by Crippen LogP contribution is -2.62. The fourth-order valence-electron chi connectivity index (χ4n) is 9.94. The molecule has 1 aromatic heterocycles. The predicted molar refractivity (Wildman–Crippen MR) is 208 cm³/mol. The first-order valence-corrected chi connectivity index (χ1v) is 22.6. The minimum Gasteiger partial charge on any atom is -0.342 e. The standard InChI is InChI=1S/C41H61N7O7S/c1-24(2)40(27-12-9-13-27)21-31(35(50)46-41(20-29(41)25-14-15-25)38(53)47-56(54,55)28-16-17-28)48(23-40)37(52)33(39(3,4)5)45-36(51)32(26-10-7-6-8-11-26)44-34(49)30-22-42-18-19-43-30/h18-19,22,24-29,31-33H,6-17,20-21,23H2,1-5H3,(H,44,49)(H,45,51)(H,46,50)(H,47,53)/t29-,31-,32-,33+,40+,41+/m0/s1. The molecular weight excluding hydrogens is 735 g/mol. The highest BCUT2D eigenvalue weighted by atomic mass is 32.2. The Hall–Kier alpha value is -3.62. The van der Waals surface area contributed by atoms with Crippen LogP contribution < -0.4 is 20.7 Å². The maximum atomic E-state index is 15.2. The lowest BCUT2D eigenvalue weighted by atomic mass is 9.59. The topological polar surface area (TPSA) is 197 Å². The Kier molecular flexibility index (Phi) is 11.1. The predicted octanol–water partition coefficient (Wildman–Crippen LogP) is 3.62. The molecule has 0 radical (unpaired) electrons. The highest BCUT2D eigenvalue weighted by Gasteiger charge is 2.67. The van der Waals surface area contributed by atoms with Gasteiger partial charge >= 0.3 is 0 Å². The molecule has 4 N–H and O–H groups in total. The van der Waals surface area contributed by atoms with Crippen LogP contribution in [0.4, 0.5) is 0 Å². The molecule has 14 nitrogen and oxygen atoms in total. The summed E-state index contributed by atoms with van der Waals surface area (Å²) in [7, 11) is -3.84. The summed E-state index contributed by atoms with van der Waals surface area (Å²) in [5, 5.41) is 8.46. The maximum Gasteiger partial charge on any atom is 0.272 e. The van der Waals surface area contributed by atoms with E-state index in [9.17, 15) is 27.6 Å². The van der Waals surface area contributed by atoms with Crippen molar-refractivity contribution in [2.75, 3.05) is 6.54 Å². The molecule has 1 saturated heterocycles. The van der Waals surface area contributed by atoms with Crippen LogP contribution in [0.25, 0.3) is 0 Å². The van der Waals surface area contributed by atoms with Crippen LogP contribution in [-0.4, -0.2) is 88.3 Å². The van der Waals surface area contributed by atoms with Gasteiger partial charge in [0.05, 0.1) is 11.4 Å². The van der Waals surface area contributed by atoms with E-state index in [0.29, 0.717) is 38.1 Å². The van der Waals surface area contributed by atoms with Gasteiger partial charge in [-0.3, -0.25) is 33.7 Å². The molecule has 308 valence electrons. The number of rotatable bonds is 14. The van der Waals surface area contributed by atoms with Crippen molar-refractivity contribution in [3.8, 4) is 0 Å². The van der Waals surface area contributed by atoms with Gasteiger partial charge in [-0.2, -0.15) is 0 Å². The number of carbonyl (C=O) groups is 5. The van der Waals surface area contributed by atoms with Gasteiger partial charge in [-0.05, 0) is 105 Å². The molecule has 6 fully saturated rings. The molecule has 0 bridgehead atoms. The molecule has 0 aromatic carbocycles. The molecular formula is C41H61N7O7S. The quantitative estimate of drug-likeness (QED) is 0.218. The van der Waals surface area contributed by atoms with E-state index in [4.69, 9.17) is 0 Å². The SMILES string of the molecule is CC(C)[C@@]1(C2CCC2)C[C@@H](C(=O)N[C@]2(C(=O)NS(=O)(=O)C3CC3)C[C@H]2C2CC2)N(C(=O)[C@@H](NC(=O)[C@@H](NC(=O)c2cnccn2)C2CCCCC2)C(C)(C)C)C1. The number of aromatic nitrogens is 2. The molecule has 1 aliphatic heterocycles. The first-order chi connectivity index (χ1) is 26.5. The number of amides is 5. The van der Waals surface area contributed by atoms with E-state index in [-0.39, 0.29) is 40.7 Å². The van der Waals surface area contributed by atoms with Crippen molar-refractivity contribution in [1.29, 1.82) is 0 Å². The average Bonchev–Trinajstić information content (AvgIpc) is 4.01. The summed E-state index contributed by atoms with van der Waals surface area (Å²) in [6.07, 6.45) is 15.3. The zero-order valence-electron chi connectivity index (χ0n) is 33.6. The zero-order valence-corrected chi connectivity index (χ0v) is 34.5. The number of nitrogens with zero attached hydrogens (tertiary/aromatic N) is 3. The van der Waals surface area contributed by atoms with Gasteiger partial charge in [0.2, 0.25) is 27.7 Å². The molecule has 2 heterocycles. The van der Waals surface area contributed by atoms with Gasteiger partial charge in [0.15, 0.2) is 0 Å². The summed E-state index contributed by atoms with van der Waals surface area (Å²) in [6.45, 7) is 10.2. The first-order valence-electron chi connectivity index (χ1n) is 21.0. The normalized spacial score (nSPS) is 29.5. The largest absolute Gasteiger partial charge is 0.342 e. The number of sulfonamides is 1. The minimum absolute atomic E-state index is 0.0904. The van der Waals surface area contributed by atoms with E-state index in [1.54, 1.807) is 4.90 Å². The van der Waals surface area contributed by atoms with Crippen LogP contribution in [0, 0.1) is 40.4 Å². The number of likely N-dealkylation sites (tertiary alicyclic amines) is 1. The first kappa shape index (κ1) is 40.6. The Morgan fingerprint density at radius 2 is 1.57 bits per heavy atom. The van der Waals surface area contributed by atoms with Gasteiger partial charge in [0.1, 0.15) is 29.4 Å². The summed E-state index contributed by atoms with van der Waals surface area (Å²) in [5.74, 6) is -2.13. The van der Waals surface area contributed by atoms with Crippen molar-refractivity contribution in [2.24, 2.45) is 40.4 Å². The number of nitrogens with one attached hydrogen (secondary N) is 4. The molecule has 5 amide bonds. The van der Waals surface area contributed by atoms with Crippen molar-refractivity contribution < 1.29 is 32.4 Å². The number of carbonyl (C=O) groups excluding carboxylic acids is 5. The Bertz CT molecular complexity index is 1800. The minimum atomic E-state index is -3.84. The average molecular weight is 796 g/mol. The number of hydrogen-bond donors (Lipinski definition) is 4. The number of hydrogen-bond acceptors (Lipinski definition) is 9. The molecule has 5 aliphatic carbocycles. The zero-order chi connectivity index (χ0) is 40.2. The molecule has 5 saturated carbocycles. The van der Waals surface area contributed by atoms with Crippen LogP contribution in [0.1, 0.15) is 135 Å². The van der Waals surface area contributed by atoms with Crippen molar-refractivity contribution in [3.63, 3.8) is 0 Å². The summed E-state index contributed by atoms with van der Waals surface area (Å²) < 4.78 is 28.1. The van der Waals surface area contributed by atoms with Crippen molar-refractivity contribution in [1.82, 2.24) is 35.5 Å². The lowest BCUT2D eigenvalue weighted by Gasteiger charge is -2.46. The molecule has 0 spiro atoms. The Balaban J connectivity index is 1.16. The van der Waals surface area contributed by atoms with Gasteiger partial charge < -0.3 is 20.9 Å². The summed E-state index contributed by atoms with van der Waals surface area (Å²) in [5.41, 5.74) is -2.40. The molecule has 1 aromatic rings. The maximum absolute atomic E-state index is 15.2. The fourth-order valence-corrected chi connectivity index (χ4v) is 11.3. The molecule has 0 unspecified atom stereocenters. The van der Waals surface area contributed by atoms with E-state index in [1.807, 2.05) is 20.8 Å². The van der Waals surface area contributed by atoms with Crippen LogP contribution in [0.15, 0.2) is 18.6 Å². The Morgan fingerprint density at radius 1 is 0.875 bits per heavy atom. The second-order valence-electron chi connectivity index (χ2n) is 19.2. The van der Waals surface area contributed by atoms with E-state index in [0.717, 1.165) is 64.2 Å². The second-order valence-corrected chi connectivity index (χ2v) is 21.2. The van der Waals surface area contributed by atoms with Crippen LogP contribution in [0.3, 0.4) is 0 Å². The van der Waals surface area contributed by atoms with Crippen molar-refractivity contribution in [2.45, 2.75) is 153 Å². The van der Waals surface area contributed by atoms with E-state index in [1.165, 1.54) is 18.6 Å². The van der Waals surface area contributed by atoms with Crippen LogP contribution in [0.2, 0.25) is 0 Å². The van der Waals surface area contributed by atoms with Gasteiger partial charge in [-0.25, -0.2) is 13.4 Å². The highest BCUT2D eigenvalue weighted by Crippen LogP contribution is 2.58. The van der Waals surface area contributed by atoms with E-state index in [2.05, 4.69) is 44.5 Å². The molecule has 6 aliphatic rings. The fraction of sp³-hybridized carbons (Fsp3) is 0.780. The van der Waals surface area contributed by atoms with Crippen molar-refractivity contribution >= 4 is 39.6 Å². The van der Waals surface area contributed by atoms with Crippen molar-refractivity contribution in [3.05, 3.63) is 24.3 Å². The summed E-state index contributed by atoms with van der Waals surface area (Å²) in [4.78, 5) is 81.3. The van der Waals surface area contributed by atoms with Crippen LogP contribution in [0.5, 0.6) is 0 Å². The van der Waals surface area contributed by atoms with Gasteiger partial charge in [-0.15, -0.1) is 0 Å². The third-order valence-electron chi connectivity index (χ3n) is 14.1. The molecule has 6 atom stereocenters. The van der Waals surface area contributed by atoms with Crippen LogP contribution >= 0.6 is 0 Å². The smallest absolute Gasteiger partial charge is 0.272 e. The van der Waals surface area contributed by atoms with Gasteiger partial charge in [-0.1, -0.05) is 60.3 Å². The Morgan fingerprint density at radius 3 is 2.12 bits per heavy atom. The molecule has 7 rings (SSSR count). The summed E-state index contributed by atoms with van der Waals surface area (Å²) >= 11 is 0. The van der Waals surface area contributed by atoms with Gasteiger partial charge in [0.25, 0.3) is 11.8 Å². The third kappa shape index (κ3) is 8.07. The van der Waals surface area contributed by atoms with E-state index >= 15 is 4.79 Å². The highest BCUT2D eigenvalue weighted by molar-refractivity contribution is 7.91. The molecule has 56 heavy (non-hydrogen) atoms. The van der Waals surface area contributed by atoms with E-state index < -0.39 is 68.0 Å².